The second-order valence-electron chi connectivity index (χ2n) is 8.31. The van der Waals surface area contributed by atoms with Gasteiger partial charge >= 0.3 is 0 Å². The molecule has 166 valence electrons. The monoisotopic (exact) mass is 425 g/mol. The summed E-state index contributed by atoms with van der Waals surface area (Å²) >= 11 is 0. The van der Waals surface area contributed by atoms with Gasteiger partial charge in [0.25, 0.3) is 0 Å². The van der Waals surface area contributed by atoms with Crippen LogP contribution in [0.1, 0.15) is 36.2 Å². The van der Waals surface area contributed by atoms with Crippen LogP contribution in [0, 0.1) is 12.8 Å². The lowest BCUT2D eigenvalue weighted by Gasteiger charge is -2.21. The summed E-state index contributed by atoms with van der Waals surface area (Å²) < 4.78 is 1.96. The molecule has 1 N–H and O–H groups in total. The molecule has 0 radical (unpaired) electrons. The van der Waals surface area contributed by atoms with Crippen molar-refractivity contribution in [3.8, 4) is 0 Å². The molecule has 3 amide bonds. The van der Waals surface area contributed by atoms with Crippen molar-refractivity contribution in [2.45, 2.75) is 39.3 Å². The third-order valence-corrected chi connectivity index (χ3v) is 5.87. The fourth-order valence-corrected chi connectivity index (χ4v) is 4.05. The number of carbonyl (C=O) groups is 3. The van der Waals surface area contributed by atoms with Crippen molar-refractivity contribution >= 4 is 17.7 Å². The molecule has 0 spiro atoms. The van der Waals surface area contributed by atoms with Gasteiger partial charge in [0, 0.05) is 71.9 Å². The normalized spacial score (nSPS) is 18.1. The molecule has 2 heterocycles. The number of benzene rings is 1. The van der Waals surface area contributed by atoms with E-state index in [0.29, 0.717) is 32.6 Å². The summed E-state index contributed by atoms with van der Waals surface area (Å²) in [7, 11) is 3.50. The molecule has 31 heavy (non-hydrogen) atoms. The summed E-state index contributed by atoms with van der Waals surface area (Å²) in [6.07, 6.45) is 3.98. The average molecular weight is 426 g/mol. The van der Waals surface area contributed by atoms with E-state index in [1.807, 2.05) is 46.9 Å². The lowest BCUT2D eigenvalue weighted by molar-refractivity contribution is -0.134. The number of nitrogens with one attached hydrogen (secondary N) is 1. The minimum absolute atomic E-state index is 0.0353. The van der Waals surface area contributed by atoms with Crippen LogP contribution in [-0.2, 0) is 27.5 Å². The maximum atomic E-state index is 12.9. The van der Waals surface area contributed by atoms with E-state index in [4.69, 9.17) is 0 Å². The fraction of sp³-hybridized carbons (Fsp3) is 0.478. The predicted molar refractivity (Wildman–Crippen MR) is 117 cm³/mol. The van der Waals surface area contributed by atoms with E-state index in [0.717, 1.165) is 17.0 Å². The molecule has 0 aliphatic carbocycles. The van der Waals surface area contributed by atoms with Gasteiger partial charge in [-0.15, -0.1) is 0 Å². The van der Waals surface area contributed by atoms with Crippen LogP contribution < -0.4 is 5.32 Å². The first-order valence-corrected chi connectivity index (χ1v) is 10.6. The van der Waals surface area contributed by atoms with Gasteiger partial charge in [0.1, 0.15) is 5.82 Å². The Morgan fingerprint density at radius 3 is 2.45 bits per heavy atom. The minimum atomic E-state index is -0.268. The van der Waals surface area contributed by atoms with Crippen LogP contribution in [0.25, 0.3) is 0 Å². The van der Waals surface area contributed by atoms with Gasteiger partial charge in [-0.1, -0.05) is 24.3 Å². The lowest BCUT2D eigenvalue weighted by atomic mass is 9.87. The van der Waals surface area contributed by atoms with Crippen molar-refractivity contribution in [2.75, 3.05) is 27.2 Å². The van der Waals surface area contributed by atoms with Gasteiger partial charge in [-0.25, -0.2) is 4.98 Å². The highest BCUT2D eigenvalue weighted by atomic mass is 16.2. The zero-order valence-electron chi connectivity index (χ0n) is 18.7. The molecule has 0 bridgehead atoms. The summed E-state index contributed by atoms with van der Waals surface area (Å²) in [5, 5.41) is 2.79. The van der Waals surface area contributed by atoms with Crippen molar-refractivity contribution in [1.29, 1.82) is 0 Å². The zero-order valence-corrected chi connectivity index (χ0v) is 18.7. The van der Waals surface area contributed by atoms with E-state index in [-0.39, 0.29) is 29.6 Å². The summed E-state index contributed by atoms with van der Waals surface area (Å²) in [5.74, 6) is 0.574. The Hall–Kier alpha value is -3.16. The van der Waals surface area contributed by atoms with E-state index in [1.165, 1.54) is 6.92 Å². The summed E-state index contributed by atoms with van der Waals surface area (Å²) in [6.45, 7) is 5.41. The van der Waals surface area contributed by atoms with Gasteiger partial charge < -0.3 is 19.7 Å². The van der Waals surface area contributed by atoms with Gasteiger partial charge in [-0.2, -0.15) is 0 Å². The average Bonchev–Trinajstić information content (AvgIpc) is 3.36. The number of aryl methyl sites for hydroxylation is 2. The van der Waals surface area contributed by atoms with Crippen molar-refractivity contribution < 1.29 is 14.4 Å². The molecule has 0 saturated carbocycles. The lowest BCUT2D eigenvalue weighted by Crippen LogP contribution is -2.35. The highest BCUT2D eigenvalue weighted by molar-refractivity contribution is 5.83. The molecule has 1 aliphatic heterocycles. The first kappa shape index (κ1) is 22.5. The Balaban J connectivity index is 1.71. The largest absolute Gasteiger partial charge is 0.352 e. The number of carbonyl (C=O) groups excluding carboxylic acids is 3. The molecule has 8 nitrogen and oxygen atoms in total. The third kappa shape index (κ3) is 5.51. The van der Waals surface area contributed by atoms with Crippen molar-refractivity contribution in [3.05, 3.63) is 53.6 Å². The maximum absolute atomic E-state index is 12.9. The van der Waals surface area contributed by atoms with Crippen LogP contribution in [-0.4, -0.2) is 64.3 Å². The standard InChI is InChI=1S/C23H31N5O3/c1-16-24-10-12-27(16)11-9-22(30)28-14-20(21(15-28)23(31)26(3)4)19-7-5-18(6-8-19)13-25-17(2)29/h5-8,10,12,20-21H,9,11,13-15H2,1-4H3,(H,25,29)/t20-,21+/m1/s1. The Morgan fingerprint density at radius 2 is 1.87 bits per heavy atom. The fourth-order valence-electron chi connectivity index (χ4n) is 4.05. The molecule has 1 aromatic heterocycles. The number of imidazole rings is 1. The Labute approximate surface area is 183 Å². The molecule has 2 atom stereocenters. The quantitative estimate of drug-likeness (QED) is 0.729. The number of likely N-dealkylation sites (tertiary alicyclic amines) is 1. The Kier molecular flexibility index (Phi) is 7.09. The molecular weight excluding hydrogens is 394 g/mol. The van der Waals surface area contributed by atoms with Crippen LogP contribution in [0.2, 0.25) is 0 Å². The van der Waals surface area contributed by atoms with Crippen LogP contribution in [0.5, 0.6) is 0 Å². The van der Waals surface area contributed by atoms with E-state index >= 15 is 0 Å². The number of amides is 3. The zero-order chi connectivity index (χ0) is 22.5. The highest BCUT2D eigenvalue weighted by Crippen LogP contribution is 2.34. The van der Waals surface area contributed by atoms with Gasteiger partial charge in [-0.3, -0.25) is 14.4 Å². The van der Waals surface area contributed by atoms with Crippen LogP contribution >= 0.6 is 0 Å². The molecule has 1 fully saturated rings. The predicted octanol–water partition coefficient (Wildman–Crippen LogP) is 1.55. The summed E-state index contributed by atoms with van der Waals surface area (Å²) in [6, 6.07) is 7.94. The SMILES string of the molecule is CC(=O)NCc1ccc([C@H]2CN(C(=O)CCn3ccnc3C)C[C@@H]2C(=O)N(C)C)cc1. The second-order valence-corrected chi connectivity index (χ2v) is 8.31. The number of aromatic nitrogens is 2. The number of hydrogen-bond donors (Lipinski definition) is 1. The Bertz CT molecular complexity index is 935. The molecule has 8 heteroatoms. The highest BCUT2D eigenvalue weighted by Gasteiger charge is 2.40. The van der Waals surface area contributed by atoms with Gasteiger partial charge in [-0.05, 0) is 18.1 Å². The first-order chi connectivity index (χ1) is 14.8. The van der Waals surface area contributed by atoms with E-state index in [2.05, 4.69) is 10.3 Å². The maximum Gasteiger partial charge on any atom is 0.227 e. The molecule has 0 unspecified atom stereocenters. The van der Waals surface area contributed by atoms with Crippen molar-refractivity contribution in [2.24, 2.45) is 5.92 Å². The minimum Gasteiger partial charge on any atom is -0.352 e. The van der Waals surface area contributed by atoms with Gasteiger partial charge in [0.15, 0.2) is 0 Å². The number of hydrogen-bond acceptors (Lipinski definition) is 4. The van der Waals surface area contributed by atoms with Crippen molar-refractivity contribution in [3.63, 3.8) is 0 Å². The third-order valence-electron chi connectivity index (χ3n) is 5.87. The Morgan fingerprint density at radius 1 is 1.16 bits per heavy atom. The van der Waals surface area contributed by atoms with Gasteiger partial charge in [0.2, 0.25) is 17.7 Å². The summed E-state index contributed by atoms with van der Waals surface area (Å²) in [5.41, 5.74) is 2.03. The van der Waals surface area contributed by atoms with Crippen molar-refractivity contribution in [1.82, 2.24) is 24.7 Å². The number of rotatable bonds is 7. The first-order valence-electron chi connectivity index (χ1n) is 10.6. The molecule has 1 aromatic carbocycles. The molecule has 1 aliphatic rings. The van der Waals surface area contributed by atoms with Crippen LogP contribution in [0.15, 0.2) is 36.7 Å². The van der Waals surface area contributed by atoms with Gasteiger partial charge in [0.05, 0.1) is 5.92 Å². The van der Waals surface area contributed by atoms with Crippen LogP contribution in [0.3, 0.4) is 0 Å². The second kappa shape index (κ2) is 9.76. The topological polar surface area (TPSA) is 87.5 Å². The summed E-state index contributed by atoms with van der Waals surface area (Å²) in [4.78, 5) is 44.5. The molecule has 2 aromatic rings. The molecular formula is C23H31N5O3. The number of nitrogens with zero attached hydrogens (tertiary/aromatic N) is 4. The van der Waals surface area contributed by atoms with E-state index in [9.17, 15) is 14.4 Å². The van der Waals surface area contributed by atoms with E-state index in [1.54, 1.807) is 25.2 Å². The smallest absolute Gasteiger partial charge is 0.227 e. The molecule has 1 saturated heterocycles. The van der Waals surface area contributed by atoms with Crippen LogP contribution in [0.4, 0.5) is 0 Å². The molecule has 3 rings (SSSR count). The van der Waals surface area contributed by atoms with E-state index < -0.39 is 0 Å².